The van der Waals surface area contributed by atoms with Crippen molar-refractivity contribution in [2.75, 3.05) is 19.6 Å². The molecule has 0 aromatic heterocycles. The fourth-order valence-electron chi connectivity index (χ4n) is 4.23. The topological polar surface area (TPSA) is 15.3 Å². The van der Waals surface area contributed by atoms with E-state index in [1.54, 1.807) is 0 Å². The fraction of sp³-hybridized carbons (Fsp3) is 0.429. The monoisotopic (exact) mass is 384 g/mol. The molecule has 2 aromatic carbocycles. The van der Waals surface area contributed by atoms with Crippen molar-refractivity contribution in [1.29, 1.82) is 0 Å². The molecule has 24 heavy (non-hydrogen) atoms. The van der Waals surface area contributed by atoms with E-state index in [2.05, 4.69) is 80.7 Å². The first kappa shape index (κ1) is 16.3. The molecule has 0 unspecified atom stereocenters. The van der Waals surface area contributed by atoms with Crippen LogP contribution in [-0.4, -0.2) is 30.6 Å². The van der Waals surface area contributed by atoms with Crippen molar-refractivity contribution in [3.05, 3.63) is 70.2 Å². The molecule has 1 N–H and O–H groups in total. The van der Waals surface area contributed by atoms with Crippen molar-refractivity contribution in [2.24, 2.45) is 5.92 Å². The summed E-state index contributed by atoms with van der Waals surface area (Å²) < 4.78 is 1.15. The highest BCUT2D eigenvalue weighted by molar-refractivity contribution is 9.10. The number of rotatable bonds is 5. The summed E-state index contributed by atoms with van der Waals surface area (Å²) >= 11 is 3.56. The van der Waals surface area contributed by atoms with Gasteiger partial charge in [0.25, 0.3) is 0 Å². The van der Waals surface area contributed by atoms with Crippen LogP contribution in [-0.2, 0) is 6.42 Å². The molecule has 2 aromatic rings. The van der Waals surface area contributed by atoms with Gasteiger partial charge in [0.15, 0.2) is 0 Å². The Hall–Kier alpha value is -1.16. The van der Waals surface area contributed by atoms with E-state index in [4.69, 9.17) is 0 Å². The molecule has 2 nitrogen and oxygen atoms in total. The molecule has 3 aliphatic heterocycles. The third-order valence-electron chi connectivity index (χ3n) is 5.63. The molecule has 3 fully saturated rings. The SMILES string of the molecule is Brc1ccc([C@H](Cc2ccccc2)N[C@@H]2CN3CCC2CC3)cc1. The van der Waals surface area contributed by atoms with Crippen molar-refractivity contribution in [3.8, 4) is 0 Å². The summed E-state index contributed by atoms with van der Waals surface area (Å²) in [4.78, 5) is 2.62. The predicted octanol–water partition coefficient (Wildman–Crippen LogP) is 4.42. The smallest absolute Gasteiger partial charge is 0.0363 e. The third-order valence-corrected chi connectivity index (χ3v) is 6.16. The van der Waals surface area contributed by atoms with Crippen LogP contribution in [0.4, 0.5) is 0 Å². The summed E-state index contributed by atoms with van der Waals surface area (Å²) in [6.07, 6.45) is 3.76. The highest BCUT2D eigenvalue weighted by Crippen LogP contribution is 2.30. The third kappa shape index (κ3) is 3.74. The second-order valence-electron chi connectivity index (χ2n) is 7.21. The Kier molecular flexibility index (Phi) is 5.02. The van der Waals surface area contributed by atoms with Crippen LogP contribution in [0.3, 0.4) is 0 Å². The maximum Gasteiger partial charge on any atom is 0.0363 e. The van der Waals surface area contributed by atoms with E-state index in [9.17, 15) is 0 Å². The zero-order chi connectivity index (χ0) is 16.4. The molecule has 126 valence electrons. The van der Waals surface area contributed by atoms with Gasteiger partial charge in [0.05, 0.1) is 0 Å². The maximum atomic E-state index is 4.01. The van der Waals surface area contributed by atoms with E-state index in [1.165, 1.54) is 43.6 Å². The van der Waals surface area contributed by atoms with E-state index in [1.807, 2.05) is 0 Å². The number of benzene rings is 2. The maximum absolute atomic E-state index is 4.01. The Morgan fingerprint density at radius 2 is 1.71 bits per heavy atom. The second-order valence-corrected chi connectivity index (χ2v) is 8.12. The van der Waals surface area contributed by atoms with E-state index >= 15 is 0 Å². The Morgan fingerprint density at radius 3 is 2.33 bits per heavy atom. The molecule has 0 radical (unpaired) electrons. The first-order chi connectivity index (χ1) is 11.8. The number of piperidine rings is 3. The molecule has 5 rings (SSSR count). The largest absolute Gasteiger partial charge is 0.305 e. The summed E-state index contributed by atoms with van der Waals surface area (Å²) in [5.41, 5.74) is 2.79. The Labute approximate surface area is 153 Å². The zero-order valence-corrected chi connectivity index (χ0v) is 15.6. The minimum absolute atomic E-state index is 0.381. The van der Waals surface area contributed by atoms with Gasteiger partial charge in [-0.05, 0) is 61.5 Å². The van der Waals surface area contributed by atoms with E-state index < -0.39 is 0 Å². The van der Waals surface area contributed by atoms with Crippen molar-refractivity contribution in [2.45, 2.75) is 31.3 Å². The molecule has 2 atom stereocenters. The van der Waals surface area contributed by atoms with E-state index in [0.717, 1.165) is 16.8 Å². The Balaban J connectivity index is 1.54. The van der Waals surface area contributed by atoms with Gasteiger partial charge in [-0.25, -0.2) is 0 Å². The number of hydrogen-bond donors (Lipinski definition) is 1. The lowest BCUT2D eigenvalue weighted by molar-refractivity contribution is 0.0669. The predicted molar refractivity (Wildman–Crippen MR) is 103 cm³/mol. The zero-order valence-electron chi connectivity index (χ0n) is 14.0. The molecular formula is C21H25BrN2. The van der Waals surface area contributed by atoms with Crippen LogP contribution >= 0.6 is 15.9 Å². The Morgan fingerprint density at radius 1 is 1.00 bits per heavy atom. The van der Waals surface area contributed by atoms with Gasteiger partial charge in [0, 0.05) is 23.1 Å². The van der Waals surface area contributed by atoms with Crippen LogP contribution in [0.5, 0.6) is 0 Å². The minimum atomic E-state index is 0.381. The molecular weight excluding hydrogens is 360 g/mol. The molecule has 0 aliphatic carbocycles. The molecule has 0 amide bonds. The summed E-state index contributed by atoms with van der Waals surface area (Å²) in [6.45, 7) is 3.81. The summed E-state index contributed by atoms with van der Waals surface area (Å²) in [6, 6.07) is 20.7. The van der Waals surface area contributed by atoms with Gasteiger partial charge >= 0.3 is 0 Å². The normalized spacial score (nSPS) is 27.1. The lowest BCUT2D eigenvalue weighted by atomic mass is 9.83. The first-order valence-corrected chi connectivity index (χ1v) is 9.85. The average Bonchev–Trinajstić information content (AvgIpc) is 2.64. The summed E-state index contributed by atoms with van der Waals surface area (Å²) in [7, 11) is 0. The molecule has 3 heteroatoms. The second kappa shape index (κ2) is 7.38. The van der Waals surface area contributed by atoms with E-state index in [0.29, 0.717) is 12.1 Å². The molecule has 3 aliphatic rings. The van der Waals surface area contributed by atoms with Crippen LogP contribution in [0.25, 0.3) is 0 Å². The van der Waals surface area contributed by atoms with Crippen molar-refractivity contribution >= 4 is 15.9 Å². The van der Waals surface area contributed by atoms with Crippen LogP contribution in [0.1, 0.15) is 30.0 Å². The van der Waals surface area contributed by atoms with Crippen LogP contribution < -0.4 is 5.32 Å². The van der Waals surface area contributed by atoms with Gasteiger partial charge < -0.3 is 10.2 Å². The molecule has 3 heterocycles. The van der Waals surface area contributed by atoms with Gasteiger partial charge in [-0.2, -0.15) is 0 Å². The van der Waals surface area contributed by atoms with Crippen molar-refractivity contribution < 1.29 is 0 Å². The van der Waals surface area contributed by atoms with Crippen LogP contribution in [0, 0.1) is 5.92 Å². The van der Waals surface area contributed by atoms with Gasteiger partial charge in [0.1, 0.15) is 0 Å². The number of nitrogens with zero attached hydrogens (tertiary/aromatic N) is 1. The highest BCUT2D eigenvalue weighted by atomic mass is 79.9. The fourth-order valence-corrected chi connectivity index (χ4v) is 4.49. The quantitative estimate of drug-likeness (QED) is 0.820. The van der Waals surface area contributed by atoms with Gasteiger partial charge in [0.2, 0.25) is 0 Å². The van der Waals surface area contributed by atoms with Gasteiger partial charge in [-0.1, -0.05) is 58.4 Å². The number of halogens is 1. The van der Waals surface area contributed by atoms with Crippen molar-refractivity contribution in [3.63, 3.8) is 0 Å². The van der Waals surface area contributed by atoms with Crippen LogP contribution in [0.2, 0.25) is 0 Å². The van der Waals surface area contributed by atoms with Crippen LogP contribution in [0.15, 0.2) is 59.1 Å². The summed E-state index contributed by atoms with van der Waals surface area (Å²) in [5.74, 6) is 0.851. The standard InChI is InChI=1S/C21H25BrN2/c22-19-8-6-17(7-9-19)20(14-16-4-2-1-3-5-16)23-21-15-24-12-10-18(21)11-13-24/h1-9,18,20-21,23H,10-15H2/t20-,21+/m0/s1. The first-order valence-electron chi connectivity index (χ1n) is 9.06. The lowest BCUT2D eigenvalue weighted by Crippen LogP contribution is -2.56. The Bertz CT molecular complexity index is 647. The summed E-state index contributed by atoms with van der Waals surface area (Å²) in [5, 5.41) is 4.01. The lowest BCUT2D eigenvalue weighted by Gasteiger charge is -2.46. The molecule has 0 spiro atoms. The highest BCUT2D eigenvalue weighted by Gasteiger charge is 2.35. The molecule has 2 bridgehead atoms. The number of nitrogens with one attached hydrogen (secondary N) is 1. The van der Waals surface area contributed by atoms with Crippen molar-refractivity contribution in [1.82, 2.24) is 10.2 Å². The average molecular weight is 385 g/mol. The molecule has 0 saturated carbocycles. The number of hydrogen-bond acceptors (Lipinski definition) is 2. The number of fused-ring (bicyclic) bond motifs is 3. The van der Waals surface area contributed by atoms with E-state index in [-0.39, 0.29) is 0 Å². The van der Waals surface area contributed by atoms with Gasteiger partial charge in [-0.15, -0.1) is 0 Å². The minimum Gasteiger partial charge on any atom is -0.305 e. The van der Waals surface area contributed by atoms with Gasteiger partial charge in [-0.3, -0.25) is 0 Å². The molecule has 3 saturated heterocycles.